The summed E-state index contributed by atoms with van der Waals surface area (Å²) in [7, 11) is 0. The van der Waals surface area contributed by atoms with Crippen LogP contribution in [0.2, 0.25) is 0 Å². The van der Waals surface area contributed by atoms with Gasteiger partial charge in [-0.05, 0) is 13.0 Å². The topological polar surface area (TPSA) is 30.2 Å². The highest BCUT2D eigenvalue weighted by atomic mass is 79.9. The summed E-state index contributed by atoms with van der Waals surface area (Å²) < 4.78 is 7.46. The summed E-state index contributed by atoms with van der Waals surface area (Å²) in [5, 5.41) is 0. The first-order valence-electron chi connectivity index (χ1n) is 4.03. The number of esters is 1. The normalized spacial score (nSPS) is 9.00. The van der Waals surface area contributed by atoms with Crippen molar-refractivity contribution in [3.05, 3.63) is 29.0 Å². The van der Waals surface area contributed by atoms with Crippen LogP contribution < -0.4 is 17.0 Å². The van der Waals surface area contributed by atoms with E-state index in [1.54, 1.807) is 11.5 Å². The van der Waals surface area contributed by atoms with Crippen molar-refractivity contribution < 1.29 is 26.5 Å². The average molecular weight is 281 g/mol. The predicted molar refractivity (Wildman–Crippen MR) is 51.0 cm³/mol. The first kappa shape index (κ1) is 13.4. The van der Waals surface area contributed by atoms with E-state index in [1.165, 1.54) is 0 Å². The largest absolute Gasteiger partial charge is 1.00 e. The van der Waals surface area contributed by atoms with E-state index in [0.29, 0.717) is 6.61 Å². The summed E-state index contributed by atoms with van der Waals surface area (Å²) in [6.07, 6.45) is 1.82. The molecule has 0 saturated carbocycles. The zero-order valence-electron chi connectivity index (χ0n) is 7.74. The predicted octanol–water partition coefficient (Wildman–Crippen LogP) is -1.70. The molecule has 0 saturated heterocycles. The van der Waals surface area contributed by atoms with Gasteiger partial charge >= 0.3 is 5.97 Å². The van der Waals surface area contributed by atoms with Gasteiger partial charge in [0, 0.05) is 28.1 Å². The highest BCUT2D eigenvalue weighted by Gasteiger charge is 2.12. The van der Waals surface area contributed by atoms with Crippen molar-refractivity contribution in [2.45, 2.75) is 13.5 Å². The highest BCUT2D eigenvalue weighted by molar-refractivity contribution is 9.10. The van der Waals surface area contributed by atoms with Crippen LogP contribution in [-0.4, -0.2) is 12.6 Å². The summed E-state index contributed by atoms with van der Waals surface area (Å²) in [6, 6.07) is 5.63. The van der Waals surface area contributed by atoms with E-state index in [4.69, 9.17) is 4.74 Å². The van der Waals surface area contributed by atoms with Crippen molar-refractivity contribution in [3.8, 4) is 0 Å². The second kappa shape index (κ2) is 6.79. The average Bonchev–Trinajstić information content (AvgIpc) is 2.09. The maximum Gasteiger partial charge on any atom is 0.372 e. The molecular formula is C9H11BrClNO2. The Morgan fingerprint density at radius 2 is 2.29 bits per heavy atom. The van der Waals surface area contributed by atoms with Crippen LogP contribution >= 0.6 is 15.9 Å². The van der Waals surface area contributed by atoms with Crippen molar-refractivity contribution in [1.82, 2.24) is 0 Å². The lowest BCUT2D eigenvalue weighted by Gasteiger charge is -1.98. The lowest BCUT2D eigenvalue weighted by atomic mass is 10.5. The fraction of sp³-hybridized carbons (Fsp3) is 0.333. The third-order valence-electron chi connectivity index (χ3n) is 1.49. The van der Waals surface area contributed by atoms with Gasteiger partial charge in [-0.3, -0.25) is 0 Å². The number of nitrogens with zero attached hydrogens (tertiary/aromatic N) is 1. The molecule has 14 heavy (non-hydrogen) atoms. The number of halogens is 2. The first-order valence-corrected chi connectivity index (χ1v) is 4.83. The van der Waals surface area contributed by atoms with Crippen LogP contribution in [0.4, 0.5) is 0 Å². The lowest BCUT2D eigenvalue weighted by molar-refractivity contribution is -0.696. The van der Waals surface area contributed by atoms with E-state index in [-0.39, 0.29) is 24.9 Å². The van der Waals surface area contributed by atoms with Crippen LogP contribution in [0.5, 0.6) is 0 Å². The maximum atomic E-state index is 11.1. The van der Waals surface area contributed by atoms with E-state index in [2.05, 4.69) is 15.9 Å². The molecule has 0 amide bonds. The van der Waals surface area contributed by atoms with Gasteiger partial charge in [-0.25, -0.2) is 4.79 Å². The van der Waals surface area contributed by atoms with Crippen molar-refractivity contribution in [3.63, 3.8) is 0 Å². The number of carbonyl (C=O) groups is 1. The molecule has 0 radical (unpaired) electrons. The summed E-state index contributed by atoms with van der Waals surface area (Å²) in [4.78, 5) is 11.1. The van der Waals surface area contributed by atoms with Gasteiger partial charge in [0.2, 0.25) is 11.1 Å². The Bertz CT molecular complexity index is 307. The summed E-state index contributed by atoms with van der Waals surface area (Å²) in [5.41, 5.74) is 0. The van der Waals surface area contributed by atoms with Crippen LogP contribution in [0.25, 0.3) is 0 Å². The maximum absolute atomic E-state index is 11.1. The number of hydrogen-bond acceptors (Lipinski definition) is 2. The summed E-state index contributed by atoms with van der Waals surface area (Å²) >= 11 is 3.33. The minimum Gasteiger partial charge on any atom is -1.00 e. The second-order valence-electron chi connectivity index (χ2n) is 2.46. The van der Waals surface area contributed by atoms with Gasteiger partial charge in [0.1, 0.15) is 0 Å². The van der Waals surface area contributed by atoms with Crippen LogP contribution in [-0.2, 0) is 16.1 Å². The molecule has 0 aromatic carbocycles. The van der Waals surface area contributed by atoms with Gasteiger partial charge in [-0.1, -0.05) is 0 Å². The number of ether oxygens (including phenoxy) is 1. The van der Waals surface area contributed by atoms with Crippen LogP contribution in [0.3, 0.4) is 0 Å². The quantitative estimate of drug-likeness (QED) is 0.376. The molecule has 0 aliphatic heterocycles. The number of hydrogen-bond donors (Lipinski definition) is 0. The molecule has 0 aliphatic carbocycles. The Hall–Kier alpha value is -0.610. The molecule has 78 valence electrons. The lowest BCUT2D eigenvalue weighted by Crippen LogP contribution is -3.00. The Balaban J connectivity index is 0.00000169. The molecule has 0 bridgehead atoms. The third kappa shape index (κ3) is 4.07. The molecule has 5 heteroatoms. The number of pyridine rings is 1. The number of aromatic nitrogens is 1. The van der Waals surface area contributed by atoms with Gasteiger partial charge < -0.3 is 17.1 Å². The van der Waals surface area contributed by atoms with Crippen LogP contribution in [0, 0.1) is 0 Å². The third-order valence-corrected chi connectivity index (χ3v) is 2.21. The molecule has 1 aromatic heterocycles. The van der Waals surface area contributed by atoms with E-state index in [0.717, 1.165) is 4.60 Å². The molecule has 0 unspecified atom stereocenters. The highest BCUT2D eigenvalue weighted by Crippen LogP contribution is 2.00. The number of carbonyl (C=O) groups excluding carboxylic acids is 1. The van der Waals surface area contributed by atoms with E-state index < -0.39 is 0 Å². The standard InChI is InChI=1S/C9H11BrNO2.ClH/c1-2-13-9(12)7-11-6-4-3-5-8(11)10;/h3-6H,2,7H2,1H3;1H/q+1;/p-1. The zero-order chi connectivity index (χ0) is 9.68. The fourth-order valence-corrected chi connectivity index (χ4v) is 1.33. The van der Waals surface area contributed by atoms with Gasteiger partial charge in [-0.15, -0.1) is 0 Å². The van der Waals surface area contributed by atoms with Crippen molar-refractivity contribution in [1.29, 1.82) is 0 Å². The molecule has 1 aromatic rings. The van der Waals surface area contributed by atoms with Gasteiger partial charge in [0.15, 0.2) is 6.20 Å². The summed E-state index contributed by atoms with van der Waals surface area (Å²) in [6.45, 7) is 2.46. The van der Waals surface area contributed by atoms with Crippen LogP contribution in [0.15, 0.2) is 29.0 Å². The van der Waals surface area contributed by atoms with Crippen molar-refractivity contribution in [2.24, 2.45) is 0 Å². The molecule has 0 fully saturated rings. The first-order chi connectivity index (χ1) is 6.24. The van der Waals surface area contributed by atoms with E-state index >= 15 is 0 Å². The zero-order valence-corrected chi connectivity index (χ0v) is 10.1. The van der Waals surface area contributed by atoms with Crippen LogP contribution in [0.1, 0.15) is 6.92 Å². The number of rotatable bonds is 3. The molecule has 0 N–H and O–H groups in total. The van der Waals surface area contributed by atoms with Gasteiger partial charge in [0.25, 0.3) is 0 Å². The van der Waals surface area contributed by atoms with Crippen molar-refractivity contribution >= 4 is 21.9 Å². The Morgan fingerprint density at radius 1 is 1.57 bits per heavy atom. The Kier molecular flexibility index (Phi) is 6.49. The van der Waals surface area contributed by atoms with Crippen molar-refractivity contribution in [2.75, 3.05) is 6.61 Å². The minimum absolute atomic E-state index is 0. The molecule has 0 atom stereocenters. The fourth-order valence-electron chi connectivity index (χ4n) is 0.929. The monoisotopic (exact) mass is 279 g/mol. The molecule has 0 aliphatic rings. The second-order valence-corrected chi connectivity index (χ2v) is 3.27. The van der Waals surface area contributed by atoms with E-state index in [1.807, 2.05) is 24.4 Å². The molecule has 1 heterocycles. The van der Waals surface area contributed by atoms with Gasteiger partial charge in [-0.2, -0.15) is 4.57 Å². The smallest absolute Gasteiger partial charge is 0.372 e. The molecular weight excluding hydrogens is 269 g/mol. The van der Waals surface area contributed by atoms with E-state index in [9.17, 15) is 4.79 Å². The SMILES string of the molecule is CCOC(=O)C[n+]1ccccc1Br.[Cl-]. The molecule has 3 nitrogen and oxygen atoms in total. The molecule has 0 spiro atoms. The Morgan fingerprint density at radius 3 is 2.86 bits per heavy atom. The minimum atomic E-state index is -0.223. The Labute approximate surface area is 97.6 Å². The molecule has 1 rings (SSSR count). The summed E-state index contributed by atoms with van der Waals surface area (Å²) in [5.74, 6) is -0.223. The van der Waals surface area contributed by atoms with Gasteiger partial charge in [0.05, 0.1) is 6.61 Å².